The monoisotopic (exact) mass is 486 g/mol. The summed E-state index contributed by atoms with van der Waals surface area (Å²) in [4.78, 5) is 7.29. The molecular formula is C24H27FN4O2S2. The van der Waals surface area contributed by atoms with Crippen molar-refractivity contribution in [2.24, 2.45) is 5.41 Å². The lowest BCUT2D eigenvalue weighted by Gasteiger charge is -2.53. The number of rotatable bonds is 6. The van der Waals surface area contributed by atoms with Crippen LogP contribution in [0.25, 0.3) is 0 Å². The molecule has 0 amide bonds. The van der Waals surface area contributed by atoms with Crippen LogP contribution in [0.5, 0.6) is 0 Å². The highest BCUT2D eigenvalue weighted by molar-refractivity contribution is 7.89. The third kappa shape index (κ3) is 4.54. The van der Waals surface area contributed by atoms with Crippen molar-refractivity contribution < 1.29 is 12.8 Å². The minimum Gasteiger partial charge on any atom is -0.346 e. The molecule has 0 N–H and O–H groups in total. The Morgan fingerprint density at radius 2 is 1.64 bits per heavy atom. The van der Waals surface area contributed by atoms with Gasteiger partial charge in [0.15, 0.2) is 0 Å². The summed E-state index contributed by atoms with van der Waals surface area (Å²) in [6.07, 6.45) is 3.20. The summed E-state index contributed by atoms with van der Waals surface area (Å²) in [5.41, 5.74) is 2.28. The van der Waals surface area contributed by atoms with Gasteiger partial charge in [-0.05, 0) is 54.7 Å². The molecule has 0 saturated carbocycles. The second-order valence-corrected chi connectivity index (χ2v) is 11.7. The summed E-state index contributed by atoms with van der Waals surface area (Å²) in [6, 6.07) is 13.7. The summed E-state index contributed by atoms with van der Waals surface area (Å²) in [5.74, 6) is 0.502. The zero-order valence-corrected chi connectivity index (χ0v) is 20.2. The lowest BCUT2D eigenvalue weighted by atomic mass is 9.73. The zero-order chi connectivity index (χ0) is 23.1. The van der Waals surface area contributed by atoms with Crippen LogP contribution in [-0.4, -0.2) is 48.3 Å². The third-order valence-corrected chi connectivity index (χ3v) is 9.54. The van der Waals surface area contributed by atoms with Crippen LogP contribution >= 0.6 is 11.5 Å². The van der Waals surface area contributed by atoms with Crippen LogP contribution in [0, 0.1) is 11.2 Å². The summed E-state index contributed by atoms with van der Waals surface area (Å²) >= 11 is 1.39. The van der Waals surface area contributed by atoms with Gasteiger partial charge in [0, 0.05) is 49.5 Å². The van der Waals surface area contributed by atoms with E-state index in [2.05, 4.69) is 21.2 Å². The first-order valence-corrected chi connectivity index (χ1v) is 13.5. The number of sulfonamides is 1. The SMILES string of the molecule is CCc1ccc(S(=O)(=O)N2CCC3(CC2)CN(c2nc(Cc4ccc(F)cc4)ns2)C3)cc1. The maximum absolute atomic E-state index is 13.1. The zero-order valence-electron chi connectivity index (χ0n) is 18.6. The Balaban J connectivity index is 1.16. The second-order valence-electron chi connectivity index (χ2n) is 9.05. The highest BCUT2D eigenvalue weighted by Crippen LogP contribution is 2.43. The van der Waals surface area contributed by atoms with E-state index in [0.29, 0.717) is 24.4 Å². The van der Waals surface area contributed by atoms with E-state index in [9.17, 15) is 12.8 Å². The smallest absolute Gasteiger partial charge is 0.243 e. The van der Waals surface area contributed by atoms with Gasteiger partial charge in [0.2, 0.25) is 15.2 Å². The minimum absolute atomic E-state index is 0.154. The molecule has 0 aliphatic carbocycles. The number of aromatic nitrogens is 2. The fourth-order valence-electron chi connectivity index (χ4n) is 4.69. The van der Waals surface area contributed by atoms with Gasteiger partial charge >= 0.3 is 0 Å². The molecule has 0 radical (unpaired) electrons. The molecule has 9 heteroatoms. The van der Waals surface area contributed by atoms with Crippen LogP contribution in [0.15, 0.2) is 53.4 Å². The molecule has 3 heterocycles. The normalized spacial score (nSPS) is 18.4. The second kappa shape index (κ2) is 8.77. The minimum atomic E-state index is -3.44. The maximum atomic E-state index is 13.1. The van der Waals surface area contributed by atoms with Crippen molar-refractivity contribution in [1.29, 1.82) is 0 Å². The highest BCUT2D eigenvalue weighted by atomic mass is 32.2. The molecule has 2 aliphatic heterocycles. The molecular weight excluding hydrogens is 459 g/mol. The Kier molecular flexibility index (Phi) is 5.96. The van der Waals surface area contributed by atoms with Gasteiger partial charge in [-0.1, -0.05) is 31.2 Å². The number of hydrogen-bond acceptors (Lipinski definition) is 6. The van der Waals surface area contributed by atoms with Crippen LogP contribution in [0.3, 0.4) is 0 Å². The van der Waals surface area contributed by atoms with Crippen molar-refractivity contribution in [2.45, 2.75) is 37.5 Å². The van der Waals surface area contributed by atoms with Crippen molar-refractivity contribution in [3.8, 4) is 0 Å². The average molecular weight is 487 g/mol. The number of anilines is 1. The molecule has 3 aromatic rings. The Morgan fingerprint density at radius 1 is 1.00 bits per heavy atom. The Bertz CT molecular complexity index is 1210. The summed E-state index contributed by atoms with van der Waals surface area (Å²) in [5, 5.41) is 0.906. The van der Waals surface area contributed by atoms with Crippen molar-refractivity contribution in [3.05, 3.63) is 71.3 Å². The molecule has 1 aromatic heterocycles. The molecule has 5 rings (SSSR count). The van der Waals surface area contributed by atoms with Crippen molar-refractivity contribution >= 4 is 26.7 Å². The number of nitrogens with zero attached hydrogens (tertiary/aromatic N) is 4. The van der Waals surface area contributed by atoms with Crippen LogP contribution in [-0.2, 0) is 22.9 Å². The molecule has 2 fully saturated rings. The standard InChI is InChI=1S/C24H27FN4O2S2/c1-2-18-5-9-21(10-6-18)33(30,31)29-13-11-24(12-14-29)16-28(17-24)23-26-22(27-32-23)15-19-3-7-20(25)8-4-19/h3-10H,2,11-17H2,1H3. The van der Waals surface area contributed by atoms with Gasteiger partial charge < -0.3 is 4.90 Å². The summed E-state index contributed by atoms with van der Waals surface area (Å²) in [6.45, 7) is 4.94. The number of halogens is 1. The molecule has 33 heavy (non-hydrogen) atoms. The molecule has 174 valence electrons. The van der Waals surface area contributed by atoms with Gasteiger partial charge in [-0.25, -0.2) is 17.8 Å². The summed E-state index contributed by atoms with van der Waals surface area (Å²) in [7, 11) is -3.44. The fourth-order valence-corrected chi connectivity index (χ4v) is 6.82. The van der Waals surface area contributed by atoms with E-state index in [1.54, 1.807) is 28.6 Å². The van der Waals surface area contributed by atoms with Crippen molar-refractivity contribution in [2.75, 3.05) is 31.1 Å². The third-order valence-electron chi connectivity index (χ3n) is 6.81. The van der Waals surface area contributed by atoms with E-state index in [-0.39, 0.29) is 11.2 Å². The van der Waals surface area contributed by atoms with E-state index in [1.165, 1.54) is 23.7 Å². The summed E-state index contributed by atoms with van der Waals surface area (Å²) < 4.78 is 45.3. The van der Waals surface area contributed by atoms with Gasteiger partial charge in [0.1, 0.15) is 11.6 Å². The predicted molar refractivity (Wildman–Crippen MR) is 128 cm³/mol. The van der Waals surface area contributed by atoms with Gasteiger partial charge in [-0.3, -0.25) is 0 Å². The maximum Gasteiger partial charge on any atom is 0.243 e. The Morgan fingerprint density at radius 3 is 2.27 bits per heavy atom. The fraction of sp³-hybridized carbons (Fsp3) is 0.417. The average Bonchev–Trinajstić information content (AvgIpc) is 3.27. The molecule has 0 bridgehead atoms. The van der Waals surface area contributed by atoms with E-state index in [4.69, 9.17) is 0 Å². The molecule has 2 aromatic carbocycles. The van der Waals surface area contributed by atoms with Gasteiger partial charge in [0.25, 0.3) is 0 Å². The molecule has 2 saturated heterocycles. The first kappa shape index (κ1) is 22.4. The first-order valence-electron chi connectivity index (χ1n) is 11.3. The van der Waals surface area contributed by atoms with Gasteiger partial charge in [0.05, 0.1) is 4.90 Å². The van der Waals surface area contributed by atoms with Crippen LogP contribution in [0.2, 0.25) is 0 Å². The van der Waals surface area contributed by atoms with E-state index in [0.717, 1.165) is 54.4 Å². The van der Waals surface area contributed by atoms with Crippen LogP contribution in [0.4, 0.5) is 9.52 Å². The number of piperidine rings is 1. The molecule has 6 nitrogen and oxygen atoms in total. The van der Waals surface area contributed by atoms with Gasteiger partial charge in [-0.15, -0.1) is 0 Å². The Labute approximate surface area is 198 Å². The first-order chi connectivity index (χ1) is 15.9. The number of aryl methyl sites for hydroxylation is 1. The van der Waals surface area contributed by atoms with Crippen LogP contribution < -0.4 is 4.90 Å². The van der Waals surface area contributed by atoms with Crippen LogP contribution in [0.1, 0.15) is 36.7 Å². The van der Waals surface area contributed by atoms with Crippen molar-refractivity contribution in [3.63, 3.8) is 0 Å². The lowest BCUT2D eigenvalue weighted by molar-refractivity contribution is 0.114. The van der Waals surface area contributed by atoms with E-state index < -0.39 is 10.0 Å². The highest BCUT2D eigenvalue weighted by Gasteiger charge is 2.47. The number of hydrogen-bond donors (Lipinski definition) is 0. The Hall–Kier alpha value is -2.36. The van der Waals surface area contributed by atoms with Crippen molar-refractivity contribution in [1.82, 2.24) is 13.7 Å². The van der Waals surface area contributed by atoms with Gasteiger partial charge in [-0.2, -0.15) is 8.68 Å². The largest absolute Gasteiger partial charge is 0.346 e. The number of benzene rings is 2. The molecule has 1 spiro atoms. The predicted octanol–water partition coefficient (Wildman–Crippen LogP) is 4.12. The lowest BCUT2D eigenvalue weighted by Crippen LogP contribution is -2.61. The topological polar surface area (TPSA) is 66.4 Å². The molecule has 0 atom stereocenters. The quantitative estimate of drug-likeness (QED) is 0.524. The van der Waals surface area contributed by atoms with E-state index >= 15 is 0 Å². The molecule has 0 unspecified atom stereocenters. The molecule has 2 aliphatic rings. The van der Waals surface area contributed by atoms with E-state index in [1.807, 2.05) is 12.1 Å².